The third-order valence-corrected chi connectivity index (χ3v) is 5.80. The molecule has 1 heterocycles. The van der Waals surface area contributed by atoms with Gasteiger partial charge in [-0.15, -0.1) is 0 Å². The molecular weight excluding hydrogens is 260 g/mol. The quantitative estimate of drug-likeness (QED) is 0.839. The second-order valence-corrected chi connectivity index (χ2v) is 7.41. The fourth-order valence-corrected chi connectivity index (χ4v) is 4.49. The molecule has 3 aliphatic rings. The molecule has 1 unspecified atom stereocenters. The first-order chi connectivity index (χ1) is 10.4. The van der Waals surface area contributed by atoms with Gasteiger partial charge in [0.2, 0.25) is 0 Å². The third kappa shape index (κ3) is 4.94. The summed E-state index contributed by atoms with van der Waals surface area (Å²) < 4.78 is 5.56. The number of nitrogens with one attached hydrogen (secondary N) is 1. The van der Waals surface area contributed by atoms with Crippen LogP contribution in [0, 0.1) is 5.92 Å². The van der Waals surface area contributed by atoms with Gasteiger partial charge < -0.3 is 4.74 Å². The molecule has 0 spiro atoms. The molecule has 1 N–H and O–H groups in total. The van der Waals surface area contributed by atoms with Gasteiger partial charge in [-0.25, -0.2) is 0 Å². The lowest BCUT2D eigenvalue weighted by atomic mass is 9.85. The van der Waals surface area contributed by atoms with E-state index in [2.05, 4.69) is 10.2 Å². The summed E-state index contributed by atoms with van der Waals surface area (Å²) in [5.74, 6) is 0.961. The Morgan fingerprint density at radius 3 is 2.14 bits per heavy atom. The van der Waals surface area contributed by atoms with Crippen LogP contribution in [0.15, 0.2) is 0 Å². The summed E-state index contributed by atoms with van der Waals surface area (Å²) in [7, 11) is 0. The van der Waals surface area contributed by atoms with Crippen molar-refractivity contribution in [1.29, 1.82) is 0 Å². The summed E-state index contributed by atoms with van der Waals surface area (Å²) in [5.41, 5.74) is 0. The zero-order valence-electron chi connectivity index (χ0n) is 13.7. The van der Waals surface area contributed by atoms with E-state index in [-0.39, 0.29) is 0 Å². The molecule has 0 amide bonds. The summed E-state index contributed by atoms with van der Waals surface area (Å²) in [4.78, 5) is 2.67. The van der Waals surface area contributed by atoms with Crippen molar-refractivity contribution >= 4 is 0 Å². The minimum absolute atomic E-state index is 0.611. The molecule has 21 heavy (non-hydrogen) atoms. The first-order valence-electron chi connectivity index (χ1n) is 9.49. The summed E-state index contributed by atoms with van der Waals surface area (Å²) >= 11 is 0. The lowest BCUT2D eigenvalue weighted by Gasteiger charge is -2.40. The van der Waals surface area contributed by atoms with Gasteiger partial charge in [0.1, 0.15) is 0 Å². The molecule has 1 atom stereocenters. The van der Waals surface area contributed by atoms with Crippen LogP contribution in [0.3, 0.4) is 0 Å². The molecule has 0 aromatic rings. The van der Waals surface area contributed by atoms with Crippen molar-refractivity contribution in [1.82, 2.24) is 10.2 Å². The Hall–Kier alpha value is -0.120. The number of nitrogens with zero attached hydrogens (tertiary/aromatic N) is 1. The van der Waals surface area contributed by atoms with E-state index < -0.39 is 0 Å². The zero-order valence-corrected chi connectivity index (χ0v) is 13.7. The van der Waals surface area contributed by atoms with Crippen molar-refractivity contribution in [2.45, 2.75) is 82.8 Å². The van der Waals surface area contributed by atoms with Gasteiger partial charge >= 0.3 is 0 Å². The minimum Gasteiger partial charge on any atom is -0.379 e. The smallest absolute Gasteiger partial charge is 0.0603 e. The van der Waals surface area contributed by atoms with Gasteiger partial charge in [-0.3, -0.25) is 10.2 Å². The highest BCUT2D eigenvalue weighted by molar-refractivity contribution is 4.82. The Kier molecular flexibility index (Phi) is 6.38. The van der Waals surface area contributed by atoms with Crippen molar-refractivity contribution in [3.8, 4) is 0 Å². The minimum atomic E-state index is 0.611. The van der Waals surface area contributed by atoms with Crippen LogP contribution in [0.4, 0.5) is 0 Å². The van der Waals surface area contributed by atoms with E-state index in [9.17, 15) is 0 Å². The average molecular weight is 294 g/mol. The van der Waals surface area contributed by atoms with Crippen molar-refractivity contribution in [2.75, 3.05) is 26.3 Å². The highest BCUT2D eigenvalue weighted by Gasteiger charge is 2.27. The summed E-state index contributed by atoms with van der Waals surface area (Å²) in [6, 6.07) is 0.773. The summed E-state index contributed by atoms with van der Waals surface area (Å²) in [6.07, 6.45) is 16.4. The standard InChI is InChI=1S/C18H34N2O/c1-3-7-16(8-4-1)15-18(20-11-13-21-14-12-20)19-17-9-5-2-6-10-17/h16-19H,1-15H2. The van der Waals surface area contributed by atoms with Gasteiger partial charge in [0, 0.05) is 19.1 Å². The molecule has 122 valence electrons. The van der Waals surface area contributed by atoms with E-state index in [0.29, 0.717) is 6.17 Å². The molecule has 3 fully saturated rings. The van der Waals surface area contributed by atoms with E-state index in [1.54, 1.807) is 0 Å². The van der Waals surface area contributed by atoms with Gasteiger partial charge in [0.25, 0.3) is 0 Å². The van der Waals surface area contributed by atoms with E-state index >= 15 is 0 Å². The van der Waals surface area contributed by atoms with E-state index in [1.807, 2.05) is 0 Å². The molecular formula is C18H34N2O. The molecule has 3 heteroatoms. The maximum atomic E-state index is 5.56. The molecule has 2 aliphatic carbocycles. The Bertz CT molecular complexity index is 259. The topological polar surface area (TPSA) is 24.5 Å². The van der Waals surface area contributed by atoms with Crippen LogP contribution in [0.2, 0.25) is 0 Å². The number of hydrogen-bond acceptors (Lipinski definition) is 3. The lowest BCUT2D eigenvalue weighted by molar-refractivity contribution is -0.00312. The highest BCUT2D eigenvalue weighted by atomic mass is 16.5. The largest absolute Gasteiger partial charge is 0.379 e. The fraction of sp³-hybridized carbons (Fsp3) is 1.00. The zero-order chi connectivity index (χ0) is 14.3. The predicted molar refractivity (Wildman–Crippen MR) is 87.4 cm³/mol. The van der Waals surface area contributed by atoms with Crippen molar-refractivity contribution in [2.24, 2.45) is 5.92 Å². The van der Waals surface area contributed by atoms with Gasteiger partial charge in [0.15, 0.2) is 0 Å². The van der Waals surface area contributed by atoms with Crippen LogP contribution in [0.25, 0.3) is 0 Å². The van der Waals surface area contributed by atoms with Crippen LogP contribution in [-0.2, 0) is 4.74 Å². The second-order valence-electron chi connectivity index (χ2n) is 7.41. The number of morpholine rings is 1. The molecule has 0 aromatic heterocycles. The molecule has 2 saturated carbocycles. The Morgan fingerprint density at radius 1 is 0.857 bits per heavy atom. The summed E-state index contributed by atoms with van der Waals surface area (Å²) in [6.45, 7) is 4.09. The third-order valence-electron chi connectivity index (χ3n) is 5.80. The molecule has 3 rings (SSSR count). The van der Waals surface area contributed by atoms with Crippen LogP contribution in [-0.4, -0.2) is 43.4 Å². The molecule has 0 radical (unpaired) electrons. The van der Waals surface area contributed by atoms with Crippen LogP contribution in [0.5, 0.6) is 0 Å². The van der Waals surface area contributed by atoms with Gasteiger partial charge in [-0.1, -0.05) is 51.4 Å². The van der Waals surface area contributed by atoms with Crippen molar-refractivity contribution in [3.05, 3.63) is 0 Å². The molecule has 1 saturated heterocycles. The Balaban J connectivity index is 1.55. The maximum absolute atomic E-state index is 5.56. The lowest BCUT2D eigenvalue weighted by Crippen LogP contribution is -2.54. The van der Waals surface area contributed by atoms with Crippen LogP contribution in [0.1, 0.15) is 70.6 Å². The normalized spacial score (nSPS) is 28.6. The van der Waals surface area contributed by atoms with E-state index in [4.69, 9.17) is 4.74 Å². The van der Waals surface area contributed by atoms with Gasteiger partial charge in [-0.2, -0.15) is 0 Å². The SMILES string of the molecule is C1CCC(CC(NC2CCCCC2)N2CCOCC2)CC1. The van der Waals surface area contributed by atoms with Crippen molar-refractivity contribution < 1.29 is 4.74 Å². The van der Waals surface area contributed by atoms with E-state index in [0.717, 1.165) is 38.3 Å². The molecule has 0 aromatic carbocycles. The first-order valence-corrected chi connectivity index (χ1v) is 9.49. The molecule has 0 bridgehead atoms. The van der Waals surface area contributed by atoms with Crippen LogP contribution < -0.4 is 5.32 Å². The summed E-state index contributed by atoms with van der Waals surface area (Å²) in [5, 5.41) is 4.04. The highest BCUT2D eigenvalue weighted by Crippen LogP contribution is 2.29. The predicted octanol–water partition coefficient (Wildman–Crippen LogP) is 3.54. The average Bonchev–Trinajstić information content (AvgIpc) is 2.57. The Labute approximate surface area is 130 Å². The van der Waals surface area contributed by atoms with E-state index in [1.165, 1.54) is 70.6 Å². The maximum Gasteiger partial charge on any atom is 0.0603 e. The molecule has 3 nitrogen and oxygen atoms in total. The number of hydrogen-bond donors (Lipinski definition) is 1. The van der Waals surface area contributed by atoms with Crippen LogP contribution >= 0.6 is 0 Å². The van der Waals surface area contributed by atoms with Gasteiger partial charge in [0.05, 0.1) is 19.4 Å². The van der Waals surface area contributed by atoms with Gasteiger partial charge in [-0.05, 0) is 25.2 Å². The van der Waals surface area contributed by atoms with Crippen molar-refractivity contribution in [3.63, 3.8) is 0 Å². The number of rotatable bonds is 5. The monoisotopic (exact) mass is 294 g/mol. The Morgan fingerprint density at radius 2 is 1.48 bits per heavy atom. The first kappa shape index (κ1) is 15.8. The second kappa shape index (κ2) is 8.50. The fourth-order valence-electron chi connectivity index (χ4n) is 4.49. The number of ether oxygens (including phenoxy) is 1. The molecule has 1 aliphatic heterocycles.